The number of amides is 1. The van der Waals surface area contributed by atoms with Crippen molar-refractivity contribution in [2.24, 2.45) is 0 Å². The first kappa shape index (κ1) is 15.9. The summed E-state index contributed by atoms with van der Waals surface area (Å²) in [7, 11) is -3.29. The number of sulfonamides is 1. The minimum absolute atomic E-state index is 0.0649. The molecule has 1 aromatic carbocycles. The third-order valence-corrected chi connectivity index (χ3v) is 5.30. The molecular weight excluding hydrogens is 290 g/mol. The summed E-state index contributed by atoms with van der Waals surface area (Å²) in [5, 5.41) is 5.76. The van der Waals surface area contributed by atoms with E-state index < -0.39 is 10.0 Å². The number of carbonyl (C=O) groups is 1. The predicted octanol–water partition coefficient (Wildman–Crippen LogP) is -0.0402. The Morgan fingerprint density at radius 3 is 2.48 bits per heavy atom. The minimum Gasteiger partial charge on any atom is -0.351 e. The van der Waals surface area contributed by atoms with Gasteiger partial charge in [0, 0.05) is 38.3 Å². The molecule has 1 saturated heterocycles. The standard InChI is InChI=1S/C14H21N3O3S/c1-12-2-4-13(5-3-12)14(18)16-8-11-21(19,20)17-9-6-15-7-10-17/h2-5,15H,6-11H2,1H3,(H,16,18). The fourth-order valence-corrected chi connectivity index (χ4v) is 3.51. The van der Waals surface area contributed by atoms with Gasteiger partial charge in [0.15, 0.2) is 0 Å². The van der Waals surface area contributed by atoms with Crippen LogP contribution in [0.5, 0.6) is 0 Å². The van der Waals surface area contributed by atoms with Crippen LogP contribution in [0, 0.1) is 6.92 Å². The highest BCUT2D eigenvalue weighted by atomic mass is 32.2. The molecule has 0 saturated carbocycles. The number of nitrogens with zero attached hydrogens (tertiary/aromatic N) is 1. The molecular formula is C14H21N3O3S. The fourth-order valence-electron chi connectivity index (χ4n) is 2.15. The zero-order chi connectivity index (χ0) is 15.3. The van der Waals surface area contributed by atoms with Gasteiger partial charge in [-0.25, -0.2) is 8.42 Å². The van der Waals surface area contributed by atoms with Crippen LogP contribution in [0.3, 0.4) is 0 Å². The Balaban J connectivity index is 1.83. The van der Waals surface area contributed by atoms with Gasteiger partial charge < -0.3 is 10.6 Å². The summed E-state index contributed by atoms with van der Waals surface area (Å²) in [5.41, 5.74) is 1.62. The number of benzene rings is 1. The van der Waals surface area contributed by atoms with Crippen molar-refractivity contribution < 1.29 is 13.2 Å². The molecule has 0 atom stereocenters. The number of carbonyl (C=O) groups excluding carboxylic acids is 1. The summed E-state index contributed by atoms with van der Waals surface area (Å²) in [6.07, 6.45) is 0. The van der Waals surface area contributed by atoms with Crippen LogP contribution in [0.15, 0.2) is 24.3 Å². The van der Waals surface area contributed by atoms with Crippen LogP contribution in [0.2, 0.25) is 0 Å². The Hall–Kier alpha value is -1.44. The van der Waals surface area contributed by atoms with Gasteiger partial charge in [-0.1, -0.05) is 17.7 Å². The molecule has 0 aromatic heterocycles. The second kappa shape index (κ2) is 7.02. The summed E-state index contributed by atoms with van der Waals surface area (Å²) < 4.78 is 25.7. The first-order valence-electron chi connectivity index (χ1n) is 7.02. The van der Waals surface area contributed by atoms with Crippen LogP contribution in [0.4, 0.5) is 0 Å². The van der Waals surface area contributed by atoms with Crippen molar-refractivity contribution in [1.29, 1.82) is 0 Å². The zero-order valence-electron chi connectivity index (χ0n) is 12.1. The fraction of sp³-hybridized carbons (Fsp3) is 0.500. The number of hydrogen-bond donors (Lipinski definition) is 2. The van der Waals surface area contributed by atoms with Gasteiger partial charge in [0.1, 0.15) is 0 Å². The van der Waals surface area contributed by atoms with Crippen LogP contribution in [0.25, 0.3) is 0 Å². The van der Waals surface area contributed by atoms with Crippen molar-refractivity contribution in [2.45, 2.75) is 6.92 Å². The van der Waals surface area contributed by atoms with Gasteiger partial charge in [-0.2, -0.15) is 4.31 Å². The van der Waals surface area contributed by atoms with E-state index in [1.54, 1.807) is 12.1 Å². The molecule has 0 unspecified atom stereocenters. The van der Waals surface area contributed by atoms with Crippen molar-refractivity contribution >= 4 is 15.9 Å². The van der Waals surface area contributed by atoms with Gasteiger partial charge in [-0.05, 0) is 19.1 Å². The first-order valence-corrected chi connectivity index (χ1v) is 8.63. The lowest BCUT2D eigenvalue weighted by atomic mass is 10.1. The van der Waals surface area contributed by atoms with E-state index in [-0.39, 0.29) is 18.2 Å². The van der Waals surface area contributed by atoms with Crippen molar-refractivity contribution in [3.8, 4) is 0 Å². The SMILES string of the molecule is Cc1ccc(C(=O)NCCS(=O)(=O)N2CCNCC2)cc1. The van der Waals surface area contributed by atoms with Gasteiger partial charge in [0.25, 0.3) is 5.91 Å². The average Bonchev–Trinajstić information content (AvgIpc) is 2.48. The minimum atomic E-state index is -3.29. The summed E-state index contributed by atoms with van der Waals surface area (Å²) >= 11 is 0. The topological polar surface area (TPSA) is 78.5 Å². The summed E-state index contributed by atoms with van der Waals surface area (Å²) in [6.45, 7) is 4.41. The molecule has 1 aliphatic heterocycles. The number of piperazine rings is 1. The Bertz CT molecular complexity index is 578. The molecule has 2 rings (SSSR count). The summed E-state index contributed by atoms with van der Waals surface area (Å²) in [6, 6.07) is 7.17. The molecule has 116 valence electrons. The molecule has 1 heterocycles. The van der Waals surface area contributed by atoms with Crippen molar-refractivity contribution in [3.63, 3.8) is 0 Å². The van der Waals surface area contributed by atoms with Crippen molar-refractivity contribution in [3.05, 3.63) is 35.4 Å². The number of aryl methyl sites for hydroxylation is 1. The monoisotopic (exact) mass is 311 g/mol. The lowest BCUT2D eigenvalue weighted by molar-refractivity contribution is 0.0956. The van der Waals surface area contributed by atoms with Crippen molar-refractivity contribution in [1.82, 2.24) is 14.9 Å². The number of hydrogen-bond acceptors (Lipinski definition) is 4. The molecule has 1 aromatic rings. The van der Waals surface area contributed by atoms with E-state index in [1.165, 1.54) is 4.31 Å². The Morgan fingerprint density at radius 2 is 1.86 bits per heavy atom. The number of rotatable bonds is 5. The lowest BCUT2D eigenvalue weighted by Gasteiger charge is -2.26. The average molecular weight is 311 g/mol. The van der Waals surface area contributed by atoms with Gasteiger partial charge >= 0.3 is 0 Å². The molecule has 7 heteroatoms. The van der Waals surface area contributed by atoms with E-state index in [4.69, 9.17) is 0 Å². The smallest absolute Gasteiger partial charge is 0.251 e. The molecule has 2 N–H and O–H groups in total. The molecule has 6 nitrogen and oxygen atoms in total. The van der Waals surface area contributed by atoms with E-state index in [0.717, 1.165) is 5.56 Å². The Morgan fingerprint density at radius 1 is 1.24 bits per heavy atom. The van der Waals surface area contributed by atoms with Gasteiger partial charge in [0.05, 0.1) is 5.75 Å². The van der Waals surface area contributed by atoms with Crippen LogP contribution in [-0.4, -0.2) is 57.1 Å². The second-order valence-electron chi connectivity index (χ2n) is 5.09. The highest BCUT2D eigenvalue weighted by Crippen LogP contribution is 2.04. The second-order valence-corrected chi connectivity index (χ2v) is 7.18. The van der Waals surface area contributed by atoms with Crippen LogP contribution in [0.1, 0.15) is 15.9 Å². The third kappa shape index (κ3) is 4.52. The molecule has 0 spiro atoms. The van der Waals surface area contributed by atoms with Crippen molar-refractivity contribution in [2.75, 3.05) is 38.5 Å². The largest absolute Gasteiger partial charge is 0.351 e. The maximum absolute atomic E-state index is 12.1. The molecule has 0 radical (unpaired) electrons. The highest BCUT2D eigenvalue weighted by molar-refractivity contribution is 7.89. The maximum atomic E-state index is 12.1. The molecule has 0 aliphatic carbocycles. The third-order valence-electron chi connectivity index (χ3n) is 3.43. The molecule has 0 bridgehead atoms. The Labute approximate surface area is 125 Å². The maximum Gasteiger partial charge on any atom is 0.251 e. The molecule has 1 aliphatic rings. The lowest BCUT2D eigenvalue weighted by Crippen LogP contribution is -2.48. The highest BCUT2D eigenvalue weighted by Gasteiger charge is 2.23. The van der Waals surface area contributed by atoms with Crippen LogP contribution in [-0.2, 0) is 10.0 Å². The first-order chi connectivity index (χ1) is 9.99. The van der Waals surface area contributed by atoms with E-state index in [2.05, 4.69) is 10.6 Å². The number of nitrogens with one attached hydrogen (secondary N) is 2. The van der Waals surface area contributed by atoms with E-state index in [1.807, 2.05) is 19.1 Å². The summed E-state index contributed by atoms with van der Waals surface area (Å²) in [4.78, 5) is 11.9. The molecule has 1 amide bonds. The molecule has 21 heavy (non-hydrogen) atoms. The predicted molar refractivity (Wildman–Crippen MR) is 81.7 cm³/mol. The summed E-state index contributed by atoms with van der Waals surface area (Å²) in [5.74, 6) is -0.310. The van der Waals surface area contributed by atoms with E-state index >= 15 is 0 Å². The van der Waals surface area contributed by atoms with Gasteiger partial charge in [-0.3, -0.25) is 4.79 Å². The van der Waals surface area contributed by atoms with Crippen LogP contribution < -0.4 is 10.6 Å². The zero-order valence-corrected chi connectivity index (χ0v) is 12.9. The quantitative estimate of drug-likeness (QED) is 0.800. The normalized spacial score (nSPS) is 16.6. The van der Waals surface area contributed by atoms with Gasteiger partial charge in [-0.15, -0.1) is 0 Å². The van der Waals surface area contributed by atoms with E-state index in [0.29, 0.717) is 31.7 Å². The van der Waals surface area contributed by atoms with Gasteiger partial charge in [0.2, 0.25) is 10.0 Å². The van der Waals surface area contributed by atoms with E-state index in [9.17, 15) is 13.2 Å². The Kier molecular flexibility index (Phi) is 5.33. The molecule has 1 fully saturated rings. The van der Waals surface area contributed by atoms with Crippen LogP contribution >= 0.6 is 0 Å².